The van der Waals surface area contributed by atoms with Crippen LogP contribution >= 0.6 is 0 Å². The molecule has 0 saturated carbocycles. The highest BCUT2D eigenvalue weighted by molar-refractivity contribution is 5.80. The normalized spacial score (nSPS) is 10.2. The molecule has 0 unspecified atom stereocenters. The van der Waals surface area contributed by atoms with Crippen LogP contribution in [0.2, 0.25) is 0 Å². The average molecular weight is 148 g/mol. The van der Waals surface area contributed by atoms with Crippen molar-refractivity contribution >= 4 is 11.9 Å². The molecule has 2 aromatic rings. The fraction of sp³-hybridized carbons (Fsp3) is 0. The van der Waals surface area contributed by atoms with Crippen LogP contribution in [-0.2, 0) is 0 Å². The molecule has 0 radical (unpaired) electrons. The first-order chi connectivity index (χ1) is 5.42. The summed E-state index contributed by atoms with van der Waals surface area (Å²) in [5.41, 5.74) is 0.799. The van der Waals surface area contributed by atoms with Gasteiger partial charge in [-0.1, -0.05) is 0 Å². The lowest BCUT2D eigenvalue weighted by Crippen LogP contribution is -1.94. The molecule has 5 nitrogen and oxygen atoms in total. The van der Waals surface area contributed by atoms with Gasteiger partial charge in [0.1, 0.15) is 12.0 Å². The van der Waals surface area contributed by atoms with E-state index < -0.39 is 0 Å². The van der Waals surface area contributed by atoms with Crippen molar-refractivity contribution in [1.29, 1.82) is 0 Å². The number of hydrogen-bond acceptors (Lipinski definition) is 4. The van der Waals surface area contributed by atoms with Crippen LogP contribution in [0.25, 0.3) is 5.65 Å². The third-order valence-electron chi connectivity index (χ3n) is 1.34. The summed E-state index contributed by atoms with van der Waals surface area (Å²) in [5.74, 6) is 0. The van der Waals surface area contributed by atoms with Gasteiger partial charge in [-0.3, -0.25) is 4.79 Å². The largest absolute Gasteiger partial charge is 0.296 e. The first kappa shape index (κ1) is 5.96. The number of carbonyl (C=O) groups is 1. The Morgan fingerprint density at radius 3 is 3.18 bits per heavy atom. The number of aldehydes is 1. The molecule has 0 fully saturated rings. The van der Waals surface area contributed by atoms with E-state index in [0.29, 0.717) is 17.6 Å². The second kappa shape index (κ2) is 2.12. The van der Waals surface area contributed by atoms with Crippen molar-refractivity contribution in [3.05, 3.63) is 24.4 Å². The molecule has 2 rings (SSSR count). The molecule has 0 atom stereocenters. The highest BCUT2D eigenvalue weighted by Gasteiger charge is 2.00. The molecule has 0 aromatic carbocycles. The van der Waals surface area contributed by atoms with Crippen molar-refractivity contribution in [1.82, 2.24) is 19.6 Å². The van der Waals surface area contributed by atoms with Crippen LogP contribution in [0.1, 0.15) is 10.5 Å². The van der Waals surface area contributed by atoms with E-state index >= 15 is 0 Å². The summed E-state index contributed by atoms with van der Waals surface area (Å²) in [7, 11) is 0. The van der Waals surface area contributed by atoms with Gasteiger partial charge in [0.2, 0.25) is 0 Å². The summed E-state index contributed by atoms with van der Waals surface area (Å²) < 4.78 is 1.50. The van der Waals surface area contributed by atoms with Gasteiger partial charge in [-0.05, 0) is 0 Å². The van der Waals surface area contributed by atoms with E-state index in [1.54, 1.807) is 6.20 Å². The van der Waals surface area contributed by atoms with Crippen LogP contribution in [0.15, 0.2) is 18.7 Å². The number of fused-ring (bicyclic) bond motifs is 1. The Labute approximate surface area is 61.7 Å². The van der Waals surface area contributed by atoms with Gasteiger partial charge in [0, 0.05) is 12.4 Å². The van der Waals surface area contributed by atoms with Crippen LogP contribution < -0.4 is 0 Å². The molecule has 0 amide bonds. The predicted octanol–water partition coefficient (Wildman–Crippen LogP) is -0.0632. The van der Waals surface area contributed by atoms with Crippen molar-refractivity contribution < 1.29 is 4.79 Å². The Balaban J connectivity index is 2.88. The van der Waals surface area contributed by atoms with Crippen LogP contribution in [0.4, 0.5) is 0 Å². The van der Waals surface area contributed by atoms with Gasteiger partial charge in [-0.15, -0.1) is 0 Å². The fourth-order valence-electron chi connectivity index (χ4n) is 0.860. The summed E-state index contributed by atoms with van der Waals surface area (Å²) >= 11 is 0. The maximum absolute atomic E-state index is 10.4. The van der Waals surface area contributed by atoms with Crippen molar-refractivity contribution in [2.45, 2.75) is 0 Å². The molecule has 0 saturated heterocycles. The summed E-state index contributed by atoms with van der Waals surface area (Å²) in [6.07, 6.45) is 5.18. The standard InChI is InChI=1S/C6H4N4O/c11-3-5-6-8-4-9-10(6)2-1-7-5/h1-4H. The van der Waals surface area contributed by atoms with Crippen LogP contribution in [-0.4, -0.2) is 25.9 Å². The number of nitrogens with zero attached hydrogens (tertiary/aromatic N) is 4. The SMILES string of the molecule is O=Cc1nccn2ncnc12. The summed E-state index contributed by atoms with van der Waals surface area (Å²) in [5, 5.41) is 3.83. The lowest BCUT2D eigenvalue weighted by molar-refractivity contribution is 0.112. The van der Waals surface area contributed by atoms with Gasteiger partial charge in [0.15, 0.2) is 11.9 Å². The van der Waals surface area contributed by atoms with Gasteiger partial charge >= 0.3 is 0 Å². The van der Waals surface area contributed by atoms with E-state index in [1.165, 1.54) is 17.0 Å². The third kappa shape index (κ3) is 0.778. The van der Waals surface area contributed by atoms with Gasteiger partial charge in [0.25, 0.3) is 0 Å². The number of carbonyl (C=O) groups excluding carboxylic acids is 1. The number of hydrogen-bond donors (Lipinski definition) is 0. The minimum atomic E-state index is 0.310. The van der Waals surface area contributed by atoms with Crippen LogP contribution in [0, 0.1) is 0 Å². The molecule has 2 aromatic heterocycles. The van der Waals surface area contributed by atoms with Crippen molar-refractivity contribution in [3.8, 4) is 0 Å². The van der Waals surface area contributed by atoms with Crippen molar-refractivity contribution in [2.75, 3.05) is 0 Å². The van der Waals surface area contributed by atoms with Crippen LogP contribution in [0.5, 0.6) is 0 Å². The van der Waals surface area contributed by atoms with Crippen molar-refractivity contribution in [2.24, 2.45) is 0 Å². The van der Waals surface area contributed by atoms with Gasteiger partial charge in [-0.25, -0.2) is 14.5 Å². The van der Waals surface area contributed by atoms with E-state index in [0.717, 1.165) is 0 Å². The van der Waals surface area contributed by atoms with Crippen LogP contribution in [0.3, 0.4) is 0 Å². The zero-order chi connectivity index (χ0) is 7.68. The second-order valence-electron chi connectivity index (χ2n) is 1.96. The second-order valence-corrected chi connectivity index (χ2v) is 1.96. The van der Waals surface area contributed by atoms with Crippen molar-refractivity contribution in [3.63, 3.8) is 0 Å². The minimum absolute atomic E-state index is 0.310. The zero-order valence-corrected chi connectivity index (χ0v) is 5.51. The molecule has 0 aliphatic heterocycles. The Kier molecular flexibility index (Phi) is 1.15. The van der Waals surface area contributed by atoms with E-state index in [4.69, 9.17) is 0 Å². The smallest absolute Gasteiger partial charge is 0.184 e. The van der Waals surface area contributed by atoms with E-state index in [2.05, 4.69) is 15.1 Å². The number of aromatic nitrogens is 4. The predicted molar refractivity (Wildman–Crippen MR) is 36.2 cm³/mol. The molecular formula is C6H4N4O. The molecule has 0 spiro atoms. The average Bonchev–Trinajstić information content (AvgIpc) is 2.50. The van der Waals surface area contributed by atoms with E-state index in [-0.39, 0.29) is 0 Å². The molecular weight excluding hydrogens is 144 g/mol. The van der Waals surface area contributed by atoms with Gasteiger partial charge in [0.05, 0.1) is 0 Å². The molecule has 0 bridgehead atoms. The maximum Gasteiger partial charge on any atom is 0.184 e. The molecule has 0 aliphatic rings. The Bertz CT molecular complexity index is 394. The summed E-state index contributed by atoms with van der Waals surface area (Å²) in [6, 6.07) is 0. The Morgan fingerprint density at radius 1 is 1.45 bits per heavy atom. The lowest BCUT2D eigenvalue weighted by Gasteiger charge is -1.90. The molecule has 0 aliphatic carbocycles. The molecule has 0 N–H and O–H groups in total. The Hall–Kier alpha value is -1.78. The molecule has 11 heavy (non-hydrogen) atoms. The molecule has 54 valence electrons. The lowest BCUT2D eigenvalue weighted by atomic mass is 10.5. The highest BCUT2D eigenvalue weighted by Crippen LogP contribution is 1.98. The first-order valence-electron chi connectivity index (χ1n) is 3.01. The monoisotopic (exact) mass is 148 g/mol. The zero-order valence-electron chi connectivity index (χ0n) is 5.51. The van der Waals surface area contributed by atoms with Gasteiger partial charge in [-0.2, -0.15) is 5.10 Å². The Morgan fingerprint density at radius 2 is 2.36 bits per heavy atom. The molecule has 2 heterocycles. The first-order valence-corrected chi connectivity index (χ1v) is 3.01. The van der Waals surface area contributed by atoms with E-state index in [9.17, 15) is 4.79 Å². The highest BCUT2D eigenvalue weighted by atomic mass is 16.1. The van der Waals surface area contributed by atoms with E-state index in [1.807, 2.05) is 0 Å². The number of rotatable bonds is 1. The quantitative estimate of drug-likeness (QED) is 0.531. The maximum atomic E-state index is 10.4. The minimum Gasteiger partial charge on any atom is -0.296 e. The van der Waals surface area contributed by atoms with Gasteiger partial charge < -0.3 is 0 Å². The summed E-state index contributed by atoms with van der Waals surface area (Å²) in [6.45, 7) is 0. The fourth-order valence-corrected chi connectivity index (χ4v) is 0.860. The third-order valence-corrected chi connectivity index (χ3v) is 1.34. The summed E-state index contributed by atoms with van der Waals surface area (Å²) in [4.78, 5) is 18.0. The molecule has 5 heteroatoms. The topological polar surface area (TPSA) is 60.2 Å².